The average Bonchev–Trinajstić information content (AvgIpc) is 3.48. The number of carbonyl (C=O) groups is 1. The molecule has 1 N–H and O–H groups in total. The molecule has 1 aromatic heterocycles. The number of likely N-dealkylation sites (tertiary alicyclic amines) is 2. The monoisotopic (exact) mass is 421 g/mol. The first kappa shape index (κ1) is 20.2. The topological polar surface area (TPSA) is 48.6 Å². The van der Waals surface area contributed by atoms with Crippen LogP contribution in [-0.2, 0) is 11.2 Å². The number of benzene rings is 2. The number of ether oxygens (including phenoxy) is 1. The summed E-state index contributed by atoms with van der Waals surface area (Å²) in [6.07, 6.45) is 2.59. The fourth-order valence-electron chi connectivity index (χ4n) is 5.20. The van der Waals surface area contributed by atoms with E-state index < -0.39 is 5.82 Å². The summed E-state index contributed by atoms with van der Waals surface area (Å²) in [5.41, 5.74) is 3.38. The van der Waals surface area contributed by atoms with Crippen LogP contribution in [-0.4, -0.2) is 67.1 Å². The van der Waals surface area contributed by atoms with Crippen molar-refractivity contribution in [1.29, 1.82) is 0 Å². The minimum Gasteiger partial charge on any atom is -0.383 e. The summed E-state index contributed by atoms with van der Waals surface area (Å²) >= 11 is 0. The molecule has 0 saturated carbocycles. The lowest BCUT2D eigenvalue weighted by Gasteiger charge is -2.22. The second-order valence-corrected chi connectivity index (χ2v) is 8.83. The van der Waals surface area contributed by atoms with Crippen LogP contribution >= 0.6 is 0 Å². The summed E-state index contributed by atoms with van der Waals surface area (Å²) in [7, 11) is 1.72. The first-order chi connectivity index (χ1) is 15.1. The Hall–Kier alpha value is -2.70. The maximum absolute atomic E-state index is 14.6. The lowest BCUT2D eigenvalue weighted by molar-refractivity contribution is 0.0765. The van der Waals surface area contributed by atoms with E-state index in [1.807, 2.05) is 23.2 Å². The van der Waals surface area contributed by atoms with E-state index in [0.29, 0.717) is 31.3 Å². The number of halogens is 1. The first-order valence-electron chi connectivity index (χ1n) is 11.0. The molecule has 0 radical (unpaired) electrons. The SMILES string of the molecule is COCCN1CC2CN(C(=O)c3cc(Cc4cccc5[nH]ccc45)ccc3F)CC2C1. The minimum atomic E-state index is -0.438. The molecular weight excluding hydrogens is 393 g/mol. The van der Waals surface area contributed by atoms with Gasteiger partial charge in [-0.15, -0.1) is 0 Å². The largest absolute Gasteiger partial charge is 0.383 e. The molecule has 0 spiro atoms. The lowest BCUT2D eigenvalue weighted by atomic mass is 9.99. The molecule has 31 heavy (non-hydrogen) atoms. The summed E-state index contributed by atoms with van der Waals surface area (Å²) in [5, 5.41) is 1.16. The standard InChI is InChI=1S/C25H28FN3O2/c1-31-10-9-28-13-19-15-29(16-20(19)14-28)25(30)22-12-17(5-6-23(22)26)11-18-3-2-4-24-21(18)7-8-27-24/h2-8,12,19-20,27H,9-11,13-16H2,1H3. The second kappa shape index (κ2) is 8.44. The third-order valence-electron chi connectivity index (χ3n) is 6.80. The molecule has 2 fully saturated rings. The molecular formula is C25H28FN3O2. The van der Waals surface area contributed by atoms with Crippen LogP contribution in [0.15, 0.2) is 48.7 Å². The molecule has 6 heteroatoms. The minimum absolute atomic E-state index is 0.183. The number of hydrogen-bond donors (Lipinski definition) is 1. The molecule has 3 aromatic rings. The van der Waals surface area contributed by atoms with Crippen LogP contribution in [0.3, 0.4) is 0 Å². The van der Waals surface area contributed by atoms with E-state index in [4.69, 9.17) is 4.74 Å². The maximum Gasteiger partial charge on any atom is 0.256 e. The zero-order valence-electron chi connectivity index (χ0n) is 17.8. The van der Waals surface area contributed by atoms with Crippen LogP contribution in [0.4, 0.5) is 4.39 Å². The van der Waals surface area contributed by atoms with Crippen molar-refractivity contribution in [2.45, 2.75) is 6.42 Å². The Morgan fingerprint density at radius 2 is 1.94 bits per heavy atom. The highest BCUT2D eigenvalue weighted by atomic mass is 19.1. The fraction of sp³-hybridized carbons (Fsp3) is 0.400. The van der Waals surface area contributed by atoms with Crippen LogP contribution in [0.5, 0.6) is 0 Å². The maximum atomic E-state index is 14.6. The predicted molar refractivity (Wildman–Crippen MR) is 119 cm³/mol. The Balaban J connectivity index is 1.30. The lowest BCUT2D eigenvalue weighted by Crippen LogP contribution is -2.34. The van der Waals surface area contributed by atoms with E-state index >= 15 is 0 Å². The van der Waals surface area contributed by atoms with Gasteiger partial charge in [0, 0.05) is 56.9 Å². The van der Waals surface area contributed by atoms with E-state index in [9.17, 15) is 9.18 Å². The highest BCUT2D eigenvalue weighted by molar-refractivity contribution is 5.95. The summed E-state index contributed by atoms with van der Waals surface area (Å²) in [5.74, 6) is 0.320. The van der Waals surface area contributed by atoms with Gasteiger partial charge in [0.1, 0.15) is 5.82 Å². The number of H-pyrrole nitrogens is 1. The van der Waals surface area contributed by atoms with E-state index in [-0.39, 0.29) is 11.5 Å². The van der Waals surface area contributed by atoms with Crippen LogP contribution in [0.25, 0.3) is 10.9 Å². The van der Waals surface area contributed by atoms with Crippen LogP contribution < -0.4 is 0 Å². The fourth-order valence-corrected chi connectivity index (χ4v) is 5.20. The Bertz CT molecular complexity index is 1080. The van der Waals surface area contributed by atoms with Crippen molar-refractivity contribution in [2.75, 3.05) is 46.4 Å². The van der Waals surface area contributed by atoms with Gasteiger partial charge in [0.05, 0.1) is 12.2 Å². The zero-order valence-corrected chi connectivity index (χ0v) is 17.8. The Morgan fingerprint density at radius 3 is 2.71 bits per heavy atom. The number of hydrogen-bond acceptors (Lipinski definition) is 3. The van der Waals surface area contributed by atoms with Crippen molar-refractivity contribution in [3.05, 3.63) is 71.2 Å². The Labute approximate surface area is 181 Å². The number of carbonyl (C=O) groups excluding carboxylic acids is 1. The van der Waals surface area contributed by atoms with Crippen molar-refractivity contribution in [2.24, 2.45) is 11.8 Å². The molecule has 2 aromatic carbocycles. The van der Waals surface area contributed by atoms with Gasteiger partial charge in [-0.1, -0.05) is 18.2 Å². The number of methoxy groups -OCH3 is 1. The molecule has 2 aliphatic rings. The van der Waals surface area contributed by atoms with Crippen LogP contribution in [0.1, 0.15) is 21.5 Å². The third-order valence-corrected chi connectivity index (χ3v) is 6.80. The van der Waals surface area contributed by atoms with Gasteiger partial charge in [0.25, 0.3) is 5.91 Å². The summed E-state index contributed by atoms with van der Waals surface area (Å²) in [6, 6.07) is 13.1. The molecule has 2 saturated heterocycles. The van der Waals surface area contributed by atoms with E-state index in [0.717, 1.165) is 48.3 Å². The molecule has 162 valence electrons. The molecule has 2 atom stereocenters. The summed E-state index contributed by atoms with van der Waals surface area (Å²) in [6.45, 7) is 5.05. The highest BCUT2D eigenvalue weighted by Gasteiger charge is 2.41. The normalized spacial score (nSPS) is 21.2. The molecule has 0 aliphatic carbocycles. The molecule has 2 unspecified atom stereocenters. The van der Waals surface area contributed by atoms with Gasteiger partial charge in [-0.25, -0.2) is 4.39 Å². The number of rotatable bonds is 6. The van der Waals surface area contributed by atoms with Crippen LogP contribution in [0, 0.1) is 17.7 Å². The van der Waals surface area contributed by atoms with E-state index in [2.05, 4.69) is 22.0 Å². The number of aromatic amines is 1. The van der Waals surface area contributed by atoms with Gasteiger partial charge < -0.3 is 19.5 Å². The van der Waals surface area contributed by atoms with Crippen molar-refractivity contribution in [3.8, 4) is 0 Å². The second-order valence-electron chi connectivity index (χ2n) is 8.83. The zero-order chi connectivity index (χ0) is 21.4. The molecule has 5 rings (SSSR count). The van der Waals surface area contributed by atoms with Crippen molar-refractivity contribution in [1.82, 2.24) is 14.8 Å². The van der Waals surface area contributed by atoms with Crippen LogP contribution in [0.2, 0.25) is 0 Å². The van der Waals surface area contributed by atoms with Gasteiger partial charge in [-0.2, -0.15) is 0 Å². The number of fused-ring (bicyclic) bond motifs is 2. The first-order valence-corrected chi connectivity index (χ1v) is 11.0. The van der Waals surface area contributed by atoms with Crippen molar-refractivity contribution >= 4 is 16.8 Å². The van der Waals surface area contributed by atoms with Gasteiger partial charge >= 0.3 is 0 Å². The van der Waals surface area contributed by atoms with Crippen molar-refractivity contribution in [3.63, 3.8) is 0 Å². The molecule has 1 amide bonds. The number of aromatic nitrogens is 1. The van der Waals surface area contributed by atoms with E-state index in [1.54, 1.807) is 19.2 Å². The third kappa shape index (κ3) is 3.98. The molecule has 3 heterocycles. The summed E-state index contributed by atoms with van der Waals surface area (Å²) in [4.78, 5) is 20.7. The average molecular weight is 422 g/mol. The van der Waals surface area contributed by atoms with Crippen molar-refractivity contribution < 1.29 is 13.9 Å². The quantitative estimate of drug-likeness (QED) is 0.662. The number of nitrogens with one attached hydrogen (secondary N) is 1. The van der Waals surface area contributed by atoms with E-state index in [1.165, 1.54) is 6.07 Å². The number of amides is 1. The molecule has 0 bridgehead atoms. The van der Waals surface area contributed by atoms with Gasteiger partial charge in [0.2, 0.25) is 0 Å². The Morgan fingerprint density at radius 1 is 1.13 bits per heavy atom. The highest BCUT2D eigenvalue weighted by Crippen LogP contribution is 2.32. The summed E-state index contributed by atoms with van der Waals surface area (Å²) < 4.78 is 19.8. The molecule has 5 nitrogen and oxygen atoms in total. The number of nitrogens with zero attached hydrogens (tertiary/aromatic N) is 2. The molecule has 2 aliphatic heterocycles. The van der Waals surface area contributed by atoms with Gasteiger partial charge in [-0.05, 0) is 53.6 Å². The van der Waals surface area contributed by atoms with Gasteiger partial charge in [0.15, 0.2) is 0 Å². The predicted octanol–water partition coefficient (Wildman–Crippen LogP) is 3.55. The Kier molecular flexibility index (Phi) is 5.50. The van der Waals surface area contributed by atoms with Gasteiger partial charge in [-0.3, -0.25) is 4.79 Å². The smallest absolute Gasteiger partial charge is 0.256 e.